The maximum atomic E-state index is 11.6. The van der Waals surface area contributed by atoms with E-state index in [1.54, 1.807) is 18.2 Å². The van der Waals surface area contributed by atoms with E-state index in [1.807, 2.05) is 0 Å². The van der Waals surface area contributed by atoms with E-state index in [-0.39, 0.29) is 10.6 Å². The summed E-state index contributed by atoms with van der Waals surface area (Å²) >= 11 is 9.30. The quantitative estimate of drug-likeness (QED) is 0.833. The van der Waals surface area contributed by atoms with Crippen LogP contribution in [0.5, 0.6) is 5.75 Å². The Kier molecular flexibility index (Phi) is 4.81. The molecule has 7 heteroatoms. The predicted octanol–water partition coefficient (Wildman–Crippen LogP) is 3.82. The van der Waals surface area contributed by atoms with E-state index >= 15 is 0 Å². The van der Waals surface area contributed by atoms with Gasteiger partial charge in [0.1, 0.15) is 5.75 Å². The van der Waals surface area contributed by atoms with Crippen molar-refractivity contribution in [2.24, 2.45) is 0 Å². The second kappa shape index (κ2) is 6.25. The fourth-order valence-electron chi connectivity index (χ4n) is 1.76. The zero-order chi connectivity index (χ0) is 15.6. The molecule has 2 aromatic carbocycles. The predicted molar refractivity (Wildman–Crippen MR) is 87.7 cm³/mol. The molecule has 0 saturated carbocycles. The first kappa shape index (κ1) is 16.1. The molecule has 0 heterocycles. The lowest BCUT2D eigenvalue weighted by atomic mass is 10.2. The van der Waals surface area contributed by atoms with Crippen LogP contribution < -0.4 is 5.32 Å². The van der Waals surface area contributed by atoms with Crippen molar-refractivity contribution in [3.63, 3.8) is 0 Å². The van der Waals surface area contributed by atoms with E-state index in [4.69, 9.17) is 11.6 Å². The zero-order valence-electron chi connectivity index (χ0n) is 11.1. The van der Waals surface area contributed by atoms with Crippen molar-refractivity contribution in [1.82, 2.24) is 0 Å². The molecular weight excluding hydrogens is 378 g/mol. The molecule has 2 rings (SSSR count). The van der Waals surface area contributed by atoms with Crippen molar-refractivity contribution >= 4 is 43.1 Å². The number of sulfone groups is 1. The number of anilines is 1. The number of aromatic hydroxyl groups is 1. The molecule has 2 N–H and O–H groups in total. The molecule has 0 unspecified atom stereocenters. The number of hydrogen-bond donors (Lipinski definition) is 2. The molecule has 0 atom stereocenters. The van der Waals surface area contributed by atoms with E-state index in [1.165, 1.54) is 18.2 Å². The maximum Gasteiger partial charge on any atom is 0.175 e. The molecular formula is C14H13BrClNO3S. The Morgan fingerprint density at radius 3 is 2.67 bits per heavy atom. The molecule has 112 valence electrons. The Labute approximate surface area is 136 Å². The summed E-state index contributed by atoms with van der Waals surface area (Å²) in [5, 5.41) is 13.4. The topological polar surface area (TPSA) is 66.4 Å². The van der Waals surface area contributed by atoms with Crippen LogP contribution in [0.4, 0.5) is 5.69 Å². The fourth-order valence-corrected chi connectivity index (χ4v) is 3.00. The van der Waals surface area contributed by atoms with Crippen LogP contribution in [0.3, 0.4) is 0 Å². The third kappa shape index (κ3) is 3.90. The number of rotatable bonds is 4. The van der Waals surface area contributed by atoms with Crippen LogP contribution in [-0.2, 0) is 16.4 Å². The largest absolute Gasteiger partial charge is 0.506 e. The molecule has 0 radical (unpaired) electrons. The summed E-state index contributed by atoms with van der Waals surface area (Å²) in [5.74, 6) is 0.139. The van der Waals surface area contributed by atoms with Crippen LogP contribution in [0, 0.1) is 0 Å². The number of phenols is 1. The van der Waals surface area contributed by atoms with Gasteiger partial charge in [0.25, 0.3) is 0 Å². The third-order valence-corrected chi connectivity index (χ3v) is 4.99. The minimum Gasteiger partial charge on any atom is -0.506 e. The summed E-state index contributed by atoms with van der Waals surface area (Å²) in [7, 11) is -3.30. The van der Waals surface area contributed by atoms with Crippen molar-refractivity contribution in [3.8, 4) is 5.75 Å². The van der Waals surface area contributed by atoms with Gasteiger partial charge >= 0.3 is 0 Å². The Morgan fingerprint density at radius 2 is 2.00 bits per heavy atom. The lowest BCUT2D eigenvalue weighted by Crippen LogP contribution is -2.03. The van der Waals surface area contributed by atoms with Gasteiger partial charge in [0.05, 0.1) is 20.1 Å². The second-order valence-electron chi connectivity index (χ2n) is 4.51. The van der Waals surface area contributed by atoms with Crippen LogP contribution >= 0.6 is 27.5 Å². The van der Waals surface area contributed by atoms with Gasteiger partial charge in [-0.3, -0.25) is 0 Å². The van der Waals surface area contributed by atoms with Crippen molar-refractivity contribution in [3.05, 3.63) is 51.5 Å². The van der Waals surface area contributed by atoms with Gasteiger partial charge in [-0.15, -0.1) is 0 Å². The minimum atomic E-state index is -3.30. The van der Waals surface area contributed by atoms with Gasteiger partial charge in [-0.1, -0.05) is 23.7 Å². The van der Waals surface area contributed by atoms with Gasteiger partial charge in [-0.25, -0.2) is 8.42 Å². The maximum absolute atomic E-state index is 11.6. The first-order valence-electron chi connectivity index (χ1n) is 5.99. The monoisotopic (exact) mass is 389 g/mol. The SMILES string of the molecule is CS(=O)(=O)c1ccc(Cl)c(NCc2cccc(Br)c2O)c1. The zero-order valence-corrected chi connectivity index (χ0v) is 14.3. The summed E-state index contributed by atoms with van der Waals surface area (Å²) < 4.78 is 23.7. The van der Waals surface area contributed by atoms with Crippen LogP contribution in [-0.4, -0.2) is 19.8 Å². The summed E-state index contributed by atoms with van der Waals surface area (Å²) in [6, 6.07) is 9.76. The van der Waals surface area contributed by atoms with E-state index in [9.17, 15) is 13.5 Å². The highest BCUT2D eigenvalue weighted by atomic mass is 79.9. The molecule has 2 aromatic rings. The molecule has 0 fully saturated rings. The van der Waals surface area contributed by atoms with Crippen LogP contribution in [0.15, 0.2) is 45.8 Å². The van der Waals surface area contributed by atoms with Crippen molar-refractivity contribution in [2.75, 3.05) is 11.6 Å². The Morgan fingerprint density at radius 1 is 1.29 bits per heavy atom. The summed E-state index contributed by atoms with van der Waals surface area (Å²) in [6.07, 6.45) is 1.14. The Balaban J connectivity index is 2.26. The van der Waals surface area contributed by atoms with E-state index < -0.39 is 9.84 Å². The van der Waals surface area contributed by atoms with Crippen molar-refractivity contribution < 1.29 is 13.5 Å². The smallest absolute Gasteiger partial charge is 0.175 e. The second-order valence-corrected chi connectivity index (χ2v) is 7.79. The molecule has 0 saturated heterocycles. The van der Waals surface area contributed by atoms with Gasteiger partial charge in [-0.2, -0.15) is 0 Å². The number of benzene rings is 2. The Bertz CT molecular complexity index is 778. The van der Waals surface area contributed by atoms with Gasteiger partial charge in [0, 0.05) is 18.4 Å². The number of para-hydroxylation sites is 1. The molecule has 0 amide bonds. The number of hydrogen-bond acceptors (Lipinski definition) is 4. The van der Waals surface area contributed by atoms with Gasteiger partial charge in [0.15, 0.2) is 9.84 Å². The fraction of sp³-hybridized carbons (Fsp3) is 0.143. The molecule has 0 aliphatic heterocycles. The average molecular weight is 391 g/mol. The van der Waals surface area contributed by atoms with Gasteiger partial charge in [0.2, 0.25) is 0 Å². The summed E-state index contributed by atoms with van der Waals surface area (Å²) in [5.41, 5.74) is 1.17. The molecule has 0 bridgehead atoms. The molecule has 0 spiro atoms. The van der Waals surface area contributed by atoms with E-state index in [0.717, 1.165) is 6.26 Å². The minimum absolute atomic E-state index is 0.139. The highest BCUT2D eigenvalue weighted by molar-refractivity contribution is 9.10. The lowest BCUT2D eigenvalue weighted by molar-refractivity contribution is 0.465. The molecule has 4 nitrogen and oxygen atoms in total. The van der Waals surface area contributed by atoms with Gasteiger partial charge < -0.3 is 10.4 Å². The summed E-state index contributed by atoms with van der Waals surface area (Å²) in [4.78, 5) is 0.188. The van der Waals surface area contributed by atoms with Crippen molar-refractivity contribution in [2.45, 2.75) is 11.4 Å². The van der Waals surface area contributed by atoms with Crippen LogP contribution in [0.1, 0.15) is 5.56 Å². The normalized spacial score (nSPS) is 11.4. The Hall–Kier alpha value is -1.24. The molecule has 0 aliphatic rings. The first-order chi connectivity index (χ1) is 9.79. The van der Waals surface area contributed by atoms with E-state index in [0.29, 0.717) is 27.3 Å². The number of phenolic OH excluding ortho intramolecular Hbond substituents is 1. The number of nitrogens with one attached hydrogen (secondary N) is 1. The average Bonchev–Trinajstić information content (AvgIpc) is 2.40. The molecule has 0 aromatic heterocycles. The van der Waals surface area contributed by atoms with E-state index in [2.05, 4.69) is 21.2 Å². The standard InChI is InChI=1S/C14H13BrClNO3S/c1-21(19,20)10-5-6-12(16)13(7-10)17-8-9-3-2-4-11(15)14(9)18/h2-7,17-18H,8H2,1H3. The molecule has 0 aliphatic carbocycles. The first-order valence-corrected chi connectivity index (χ1v) is 9.05. The highest BCUT2D eigenvalue weighted by Crippen LogP contribution is 2.30. The lowest BCUT2D eigenvalue weighted by Gasteiger charge is -2.11. The van der Waals surface area contributed by atoms with Crippen LogP contribution in [0.2, 0.25) is 5.02 Å². The highest BCUT2D eigenvalue weighted by Gasteiger charge is 2.11. The molecule has 21 heavy (non-hydrogen) atoms. The third-order valence-electron chi connectivity index (χ3n) is 2.91. The number of halogens is 2. The van der Waals surface area contributed by atoms with Gasteiger partial charge in [-0.05, 0) is 40.2 Å². The van der Waals surface area contributed by atoms with Crippen molar-refractivity contribution in [1.29, 1.82) is 0 Å². The van der Waals surface area contributed by atoms with Crippen LogP contribution in [0.25, 0.3) is 0 Å². The summed E-state index contributed by atoms with van der Waals surface area (Å²) in [6.45, 7) is 0.318.